The van der Waals surface area contributed by atoms with E-state index in [9.17, 15) is 18.0 Å². The van der Waals surface area contributed by atoms with Crippen LogP contribution in [0.2, 0.25) is 5.02 Å². The molecule has 0 aliphatic heterocycles. The van der Waals surface area contributed by atoms with Gasteiger partial charge in [-0.25, -0.2) is 13.2 Å². The number of amides is 1. The first-order chi connectivity index (χ1) is 14.9. The summed E-state index contributed by atoms with van der Waals surface area (Å²) in [4.78, 5) is 23.8. The van der Waals surface area contributed by atoms with Crippen LogP contribution in [0.5, 0.6) is 0 Å². The van der Waals surface area contributed by atoms with Crippen molar-refractivity contribution in [2.24, 2.45) is 0 Å². The first-order valence-corrected chi connectivity index (χ1v) is 12.1. The van der Waals surface area contributed by atoms with E-state index in [1.807, 2.05) is 19.9 Å². The van der Waals surface area contributed by atoms with Gasteiger partial charge in [0.05, 0.1) is 22.1 Å². The molecule has 1 aromatic carbocycles. The van der Waals surface area contributed by atoms with E-state index in [1.165, 1.54) is 31.2 Å². The van der Waals surface area contributed by atoms with Gasteiger partial charge in [-0.1, -0.05) is 11.6 Å². The van der Waals surface area contributed by atoms with Gasteiger partial charge in [-0.3, -0.25) is 14.2 Å². The van der Waals surface area contributed by atoms with Gasteiger partial charge in [-0.2, -0.15) is 5.10 Å². The first kappa shape index (κ1) is 23.8. The molecular formula is C20H21ClN4O5S2. The molecule has 0 saturated heterocycles. The molecule has 0 aliphatic carbocycles. The Morgan fingerprint density at radius 2 is 1.88 bits per heavy atom. The number of sulfonamides is 1. The number of rotatable bonds is 7. The van der Waals surface area contributed by atoms with Gasteiger partial charge in [-0.05, 0) is 63.6 Å². The van der Waals surface area contributed by atoms with Crippen LogP contribution in [0.15, 0.2) is 34.5 Å². The lowest BCUT2D eigenvalue weighted by Crippen LogP contribution is -2.25. The fourth-order valence-corrected chi connectivity index (χ4v) is 5.72. The van der Waals surface area contributed by atoms with Crippen molar-refractivity contribution in [1.82, 2.24) is 9.78 Å². The van der Waals surface area contributed by atoms with E-state index >= 15 is 0 Å². The molecule has 3 N–H and O–H groups in total. The Morgan fingerprint density at radius 1 is 1.19 bits per heavy atom. The Hall–Kier alpha value is -2.89. The number of halogens is 1. The van der Waals surface area contributed by atoms with E-state index in [1.54, 1.807) is 11.6 Å². The van der Waals surface area contributed by atoms with Gasteiger partial charge in [0.1, 0.15) is 15.1 Å². The van der Waals surface area contributed by atoms with Gasteiger partial charge in [0, 0.05) is 5.69 Å². The Kier molecular flexibility index (Phi) is 6.63. The van der Waals surface area contributed by atoms with E-state index < -0.39 is 22.0 Å². The third kappa shape index (κ3) is 4.95. The van der Waals surface area contributed by atoms with Crippen molar-refractivity contribution in [3.63, 3.8) is 0 Å². The second-order valence-corrected chi connectivity index (χ2v) is 10.6. The van der Waals surface area contributed by atoms with Gasteiger partial charge in [0.2, 0.25) is 5.91 Å². The van der Waals surface area contributed by atoms with Crippen LogP contribution in [0, 0.1) is 20.8 Å². The van der Waals surface area contributed by atoms with Gasteiger partial charge in [-0.15, -0.1) is 11.3 Å². The maximum atomic E-state index is 12.6. The molecule has 12 heteroatoms. The smallest absolute Gasteiger partial charge is 0.346 e. The minimum absolute atomic E-state index is 0.0433. The molecule has 170 valence electrons. The minimum atomic E-state index is -4.01. The SMILES string of the molecule is Cc1cc(C)n(C(C)C(=O)Nc2ccc(NS(=O)(=O)c3cc(C)c(C(=O)O)s3)cc2Cl)n1. The van der Waals surface area contributed by atoms with E-state index in [0.717, 1.165) is 11.4 Å². The number of thiophene rings is 1. The van der Waals surface area contributed by atoms with Crippen LogP contribution in [-0.2, 0) is 14.8 Å². The fourth-order valence-electron chi connectivity index (χ4n) is 3.07. The number of anilines is 2. The summed E-state index contributed by atoms with van der Waals surface area (Å²) in [6.45, 7) is 6.93. The van der Waals surface area contributed by atoms with Crippen LogP contribution in [0.4, 0.5) is 11.4 Å². The van der Waals surface area contributed by atoms with E-state index in [2.05, 4.69) is 15.1 Å². The molecule has 0 bridgehead atoms. The lowest BCUT2D eigenvalue weighted by molar-refractivity contribution is -0.119. The molecule has 3 aromatic rings. The molecule has 32 heavy (non-hydrogen) atoms. The Morgan fingerprint density at radius 3 is 2.41 bits per heavy atom. The van der Waals surface area contributed by atoms with Crippen molar-refractivity contribution < 1.29 is 23.1 Å². The predicted octanol–water partition coefficient (Wildman–Crippen LogP) is 4.22. The Bertz CT molecular complexity index is 1310. The predicted molar refractivity (Wildman–Crippen MR) is 123 cm³/mol. The second kappa shape index (κ2) is 8.93. The third-order valence-electron chi connectivity index (χ3n) is 4.62. The van der Waals surface area contributed by atoms with E-state index in [-0.39, 0.29) is 25.7 Å². The zero-order valence-electron chi connectivity index (χ0n) is 17.6. The molecule has 0 saturated carbocycles. The topological polar surface area (TPSA) is 130 Å². The summed E-state index contributed by atoms with van der Waals surface area (Å²) in [6.07, 6.45) is 0. The molecule has 2 aromatic heterocycles. The highest BCUT2D eigenvalue weighted by Gasteiger charge is 2.23. The highest BCUT2D eigenvalue weighted by atomic mass is 35.5. The third-order valence-corrected chi connectivity index (χ3v) is 8.02. The summed E-state index contributed by atoms with van der Waals surface area (Å²) in [5, 5.41) is 16.3. The standard InChI is InChI=1S/C20H21ClN4O5S2/c1-10-7-17(31-18(10)20(27)28)32(29,30)24-14-5-6-16(15(21)9-14)22-19(26)13(4)25-12(3)8-11(2)23-25/h5-9,13,24H,1-4H3,(H,22,26)(H,27,28). The zero-order chi connectivity index (χ0) is 23.8. The maximum absolute atomic E-state index is 12.6. The van der Waals surface area contributed by atoms with Crippen LogP contribution in [0.3, 0.4) is 0 Å². The molecule has 1 unspecified atom stereocenters. The van der Waals surface area contributed by atoms with Crippen molar-refractivity contribution in [2.75, 3.05) is 10.0 Å². The van der Waals surface area contributed by atoms with Crippen molar-refractivity contribution in [3.8, 4) is 0 Å². The number of carbonyl (C=O) groups is 2. The number of carboxylic acids is 1. The zero-order valence-corrected chi connectivity index (χ0v) is 20.0. The fraction of sp³-hybridized carbons (Fsp3) is 0.250. The van der Waals surface area contributed by atoms with Crippen LogP contribution in [0.25, 0.3) is 0 Å². The quantitative estimate of drug-likeness (QED) is 0.449. The molecule has 1 amide bonds. The molecular weight excluding hydrogens is 476 g/mol. The average Bonchev–Trinajstić information content (AvgIpc) is 3.25. The molecule has 0 aliphatic rings. The molecule has 0 spiro atoms. The van der Waals surface area contributed by atoms with Gasteiger partial charge < -0.3 is 10.4 Å². The van der Waals surface area contributed by atoms with Crippen molar-refractivity contribution in [3.05, 3.63) is 57.2 Å². The number of nitrogens with one attached hydrogen (secondary N) is 2. The van der Waals surface area contributed by atoms with Crippen molar-refractivity contribution in [1.29, 1.82) is 0 Å². The second-order valence-electron chi connectivity index (χ2n) is 7.22. The summed E-state index contributed by atoms with van der Waals surface area (Å²) in [5.74, 6) is -1.52. The number of aromatic nitrogens is 2. The number of hydrogen-bond donors (Lipinski definition) is 3. The van der Waals surface area contributed by atoms with Gasteiger partial charge in [0.15, 0.2) is 0 Å². The maximum Gasteiger partial charge on any atom is 0.346 e. The van der Waals surface area contributed by atoms with Crippen molar-refractivity contribution in [2.45, 2.75) is 37.9 Å². The monoisotopic (exact) mass is 496 g/mol. The first-order valence-electron chi connectivity index (χ1n) is 9.38. The number of carbonyl (C=O) groups excluding carboxylic acids is 1. The lowest BCUT2D eigenvalue weighted by Gasteiger charge is -2.16. The highest BCUT2D eigenvalue weighted by molar-refractivity contribution is 7.94. The molecule has 3 rings (SSSR count). The average molecular weight is 497 g/mol. The summed E-state index contributed by atoms with van der Waals surface area (Å²) in [6, 6.07) is 6.88. The van der Waals surface area contributed by atoms with Crippen LogP contribution < -0.4 is 10.0 Å². The molecule has 2 heterocycles. The molecule has 1 atom stereocenters. The number of benzene rings is 1. The largest absolute Gasteiger partial charge is 0.477 e. The normalized spacial score (nSPS) is 12.4. The van der Waals surface area contributed by atoms with Gasteiger partial charge in [0.25, 0.3) is 10.0 Å². The number of carboxylic acid groups (broad SMARTS) is 1. The minimum Gasteiger partial charge on any atom is -0.477 e. The lowest BCUT2D eigenvalue weighted by atomic mass is 10.2. The van der Waals surface area contributed by atoms with E-state index in [4.69, 9.17) is 16.7 Å². The summed E-state index contributed by atoms with van der Waals surface area (Å²) in [7, 11) is -4.01. The number of nitrogens with zero attached hydrogens (tertiary/aromatic N) is 2. The van der Waals surface area contributed by atoms with E-state index in [0.29, 0.717) is 22.6 Å². The number of hydrogen-bond acceptors (Lipinski definition) is 6. The number of aryl methyl sites for hydroxylation is 3. The van der Waals surface area contributed by atoms with Crippen LogP contribution in [0.1, 0.15) is 39.6 Å². The summed E-state index contributed by atoms with van der Waals surface area (Å²) < 4.78 is 29.1. The Balaban J connectivity index is 1.76. The number of aromatic carboxylic acids is 1. The van der Waals surface area contributed by atoms with Crippen LogP contribution in [-0.4, -0.2) is 35.2 Å². The molecule has 0 radical (unpaired) electrons. The van der Waals surface area contributed by atoms with Gasteiger partial charge >= 0.3 is 5.97 Å². The summed E-state index contributed by atoms with van der Waals surface area (Å²) in [5.41, 5.74) is 2.48. The molecule has 9 nitrogen and oxygen atoms in total. The highest BCUT2D eigenvalue weighted by Crippen LogP contribution is 2.30. The van der Waals surface area contributed by atoms with Crippen molar-refractivity contribution >= 4 is 56.2 Å². The molecule has 0 fully saturated rings. The Labute approximate surface area is 194 Å². The summed E-state index contributed by atoms with van der Waals surface area (Å²) >= 11 is 6.92. The van der Waals surface area contributed by atoms with Crippen LogP contribution >= 0.6 is 22.9 Å².